The molecule has 0 aromatic carbocycles. The van der Waals surface area contributed by atoms with Gasteiger partial charge in [0.1, 0.15) is 0 Å². The van der Waals surface area contributed by atoms with E-state index in [9.17, 15) is 9.90 Å². The minimum absolute atomic E-state index is 0.0257. The standard InChI is InChI=1S/C13H20N2O2/c1-13(2,17)10-15(3)12(16)8-7-11-6-4-5-9-14-11/h4-6,9,17H,7-8,10H2,1-3H3. The van der Waals surface area contributed by atoms with Crippen molar-refractivity contribution in [1.82, 2.24) is 9.88 Å². The molecule has 0 atom stereocenters. The normalized spacial score (nSPS) is 11.3. The minimum Gasteiger partial charge on any atom is -0.389 e. The highest BCUT2D eigenvalue weighted by molar-refractivity contribution is 5.76. The fraction of sp³-hybridized carbons (Fsp3) is 0.538. The summed E-state index contributed by atoms with van der Waals surface area (Å²) in [6.07, 6.45) is 2.78. The van der Waals surface area contributed by atoms with E-state index in [4.69, 9.17) is 0 Å². The number of aromatic nitrogens is 1. The maximum Gasteiger partial charge on any atom is 0.222 e. The second kappa shape index (κ2) is 5.77. The Balaban J connectivity index is 2.40. The quantitative estimate of drug-likeness (QED) is 0.837. The average Bonchev–Trinajstić information content (AvgIpc) is 2.25. The topological polar surface area (TPSA) is 53.4 Å². The lowest BCUT2D eigenvalue weighted by Crippen LogP contribution is -2.39. The fourth-order valence-electron chi connectivity index (χ4n) is 1.64. The van der Waals surface area contributed by atoms with Crippen molar-refractivity contribution < 1.29 is 9.90 Å². The van der Waals surface area contributed by atoms with E-state index in [-0.39, 0.29) is 5.91 Å². The Morgan fingerprint density at radius 2 is 2.18 bits per heavy atom. The van der Waals surface area contributed by atoms with Gasteiger partial charge in [0.2, 0.25) is 5.91 Å². The van der Waals surface area contributed by atoms with Crippen LogP contribution in [0.4, 0.5) is 0 Å². The highest BCUT2D eigenvalue weighted by atomic mass is 16.3. The van der Waals surface area contributed by atoms with E-state index in [1.807, 2.05) is 18.2 Å². The maximum absolute atomic E-state index is 11.8. The molecule has 1 aromatic rings. The van der Waals surface area contributed by atoms with Crippen molar-refractivity contribution in [3.05, 3.63) is 30.1 Å². The van der Waals surface area contributed by atoms with Crippen LogP contribution in [0.25, 0.3) is 0 Å². The van der Waals surface area contributed by atoms with Crippen LogP contribution in [-0.4, -0.2) is 40.1 Å². The molecule has 1 amide bonds. The van der Waals surface area contributed by atoms with E-state index in [1.54, 1.807) is 32.0 Å². The van der Waals surface area contributed by atoms with E-state index in [1.165, 1.54) is 0 Å². The molecule has 4 heteroatoms. The molecule has 94 valence electrons. The van der Waals surface area contributed by atoms with Gasteiger partial charge >= 0.3 is 0 Å². The van der Waals surface area contributed by atoms with Gasteiger partial charge < -0.3 is 10.0 Å². The predicted molar refractivity (Wildman–Crippen MR) is 66.5 cm³/mol. The third-order valence-corrected chi connectivity index (χ3v) is 2.37. The van der Waals surface area contributed by atoms with Crippen molar-refractivity contribution in [2.45, 2.75) is 32.3 Å². The predicted octanol–water partition coefficient (Wildman–Crippen LogP) is 1.24. The van der Waals surface area contributed by atoms with Crippen LogP contribution in [0.2, 0.25) is 0 Å². The first-order chi connectivity index (χ1) is 7.88. The molecule has 1 heterocycles. The molecule has 0 radical (unpaired) electrons. The minimum atomic E-state index is -0.852. The van der Waals surface area contributed by atoms with Crippen molar-refractivity contribution in [3.8, 4) is 0 Å². The third-order valence-electron chi connectivity index (χ3n) is 2.37. The van der Waals surface area contributed by atoms with E-state index in [0.717, 1.165) is 5.69 Å². The first-order valence-electron chi connectivity index (χ1n) is 5.75. The van der Waals surface area contributed by atoms with Gasteiger partial charge in [0.25, 0.3) is 0 Å². The first kappa shape index (κ1) is 13.6. The van der Waals surface area contributed by atoms with Crippen molar-refractivity contribution in [2.75, 3.05) is 13.6 Å². The summed E-state index contributed by atoms with van der Waals surface area (Å²) in [6, 6.07) is 5.67. The monoisotopic (exact) mass is 236 g/mol. The van der Waals surface area contributed by atoms with Crippen molar-refractivity contribution in [1.29, 1.82) is 0 Å². The van der Waals surface area contributed by atoms with Crippen LogP contribution in [0, 0.1) is 0 Å². The van der Waals surface area contributed by atoms with Gasteiger partial charge in [0.05, 0.1) is 5.60 Å². The molecule has 0 saturated heterocycles. The summed E-state index contributed by atoms with van der Waals surface area (Å²) in [7, 11) is 1.71. The number of hydrogen-bond acceptors (Lipinski definition) is 3. The molecule has 0 unspecified atom stereocenters. The third kappa shape index (κ3) is 5.45. The van der Waals surface area contributed by atoms with Crippen molar-refractivity contribution in [3.63, 3.8) is 0 Å². The number of carbonyl (C=O) groups is 1. The second-order valence-corrected chi connectivity index (χ2v) is 4.88. The Kier molecular flexibility index (Phi) is 4.63. The number of aliphatic hydroxyl groups is 1. The molecule has 1 N–H and O–H groups in total. The van der Waals surface area contributed by atoms with Crippen molar-refractivity contribution in [2.24, 2.45) is 0 Å². The Bertz CT molecular complexity index is 357. The molecule has 0 aliphatic carbocycles. The number of aryl methyl sites for hydroxylation is 1. The van der Waals surface area contributed by atoms with Gasteiger partial charge in [0.15, 0.2) is 0 Å². The van der Waals surface area contributed by atoms with E-state index in [2.05, 4.69) is 4.98 Å². The fourth-order valence-corrected chi connectivity index (χ4v) is 1.64. The van der Waals surface area contributed by atoms with Crippen LogP contribution in [0.5, 0.6) is 0 Å². The molecule has 0 spiro atoms. The molecule has 0 saturated carbocycles. The molecular formula is C13H20N2O2. The molecule has 1 aromatic heterocycles. The van der Waals surface area contributed by atoms with Gasteiger partial charge in [-0.15, -0.1) is 0 Å². The van der Waals surface area contributed by atoms with Crippen LogP contribution in [0.3, 0.4) is 0 Å². The van der Waals surface area contributed by atoms with Gasteiger partial charge in [-0.3, -0.25) is 9.78 Å². The van der Waals surface area contributed by atoms with E-state index >= 15 is 0 Å². The zero-order valence-corrected chi connectivity index (χ0v) is 10.7. The average molecular weight is 236 g/mol. The summed E-state index contributed by atoms with van der Waals surface area (Å²) < 4.78 is 0. The first-order valence-corrected chi connectivity index (χ1v) is 5.75. The maximum atomic E-state index is 11.8. The number of amides is 1. The molecule has 4 nitrogen and oxygen atoms in total. The second-order valence-electron chi connectivity index (χ2n) is 4.88. The van der Waals surface area contributed by atoms with E-state index in [0.29, 0.717) is 19.4 Å². The Morgan fingerprint density at radius 3 is 2.71 bits per heavy atom. The lowest BCUT2D eigenvalue weighted by Gasteiger charge is -2.25. The SMILES string of the molecule is CN(CC(C)(C)O)C(=O)CCc1ccccn1. The van der Waals surface area contributed by atoms with Crippen LogP contribution in [-0.2, 0) is 11.2 Å². The van der Waals surface area contributed by atoms with Crippen LogP contribution >= 0.6 is 0 Å². The van der Waals surface area contributed by atoms with Crippen LogP contribution < -0.4 is 0 Å². The van der Waals surface area contributed by atoms with Gasteiger partial charge in [-0.2, -0.15) is 0 Å². The number of likely N-dealkylation sites (N-methyl/N-ethyl adjacent to an activating group) is 1. The lowest BCUT2D eigenvalue weighted by molar-refractivity contribution is -0.132. The molecule has 0 aliphatic heterocycles. The molecule has 17 heavy (non-hydrogen) atoms. The smallest absolute Gasteiger partial charge is 0.222 e. The van der Waals surface area contributed by atoms with E-state index < -0.39 is 5.60 Å². The molecule has 1 rings (SSSR count). The van der Waals surface area contributed by atoms with Crippen molar-refractivity contribution >= 4 is 5.91 Å². The number of hydrogen-bond donors (Lipinski definition) is 1. The van der Waals surface area contributed by atoms with Gasteiger partial charge in [0, 0.05) is 31.9 Å². The Labute approximate surface area is 102 Å². The summed E-state index contributed by atoms with van der Waals surface area (Å²) in [5, 5.41) is 9.62. The molecular weight excluding hydrogens is 216 g/mol. The summed E-state index contributed by atoms with van der Waals surface area (Å²) in [6.45, 7) is 3.72. The zero-order chi connectivity index (χ0) is 12.9. The Hall–Kier alpha value is -1.42. The van der Waals surface area contributed by atoms with Gasteiger partial charge in [-0.25, -0.2) is 0 Å². The number of rotatable bonds is 5. The number of carbonyl (C=O) groups excluding carboxylic acids is 1. The summed E-state index contributed by atoms with van der Waals surface area (Å²) in [5.41, 5.74) is 0.0626. The summed E-state index contributed by atoms with van der Waals surface area (Å²) >= 11 is 0. The Morgan fingerprint density at radius 1 is 1.47 bits per heavy atom. The summed E-state index contributed by atoms with van der Waals surface area (Å²) in [5.74, 6) is 0.0257. The largest absolute Gasteiger partial charge is 0.389 e. The van der Waals surface area contributed by atoms with Gasteiger partial charge in [-0.05, 0) is 32.4 Å². The highest BCUT2D eigenvalue weighted by Crippen LogP contribution is 2.06. The number of nitrogens with zero attached hydrogens (tertiary/aromatic N) is 2. The molecule has 0 bridgehead atoms. The zero-order valence-electron chi connectivity index (χ0n) is 10.7. The molecule has 0 aliphatic rings. The molecule has 0 fully saturated rings. The van der Waals surface area contributed by atoms with Crippen LogP contribution in [0.15, 0.2) is 24.4 Å². The van der Waals surface area contributed by atoms with Gasteiger partial charge in [-0.1, -0.05) is 6.07 Å². The highest BCUT2D eigenvalue weighted by Gasteiger charge is 2.18. The number of pyridine rings is 1. The van der Waals surface area contributed by atoms with Crippen LogP contribution in [0.1, 0.15) is 26.0 Å². The summed E-state index contributed by atoms with van der Waals surface area (Å²) in [4.78, 5) is 17.5. The lowest BCUT2D eigenvalue weighted by atomic mass is 10.1.